The van der Waals surface area contributed by atoms with Gasteiger partial charge in [0.2, 0.25) is 10.0 Å². The summed E-state index contributed by atoms with van der Waals surface area (Å²) in [6.07, 6.45) is 3.24. The molecule has 0 aliphatic rings. The minimum Gasteiger partial charge on any atom is -0.371 e. The smallest absolute Gasteiger partial charge is 0.242 e. The lowest BCUT2D eigenvalue weighted by atomic mass is 10.1. The summed E-state index contributed by atoms with van der Waals surface area (Å²) >= 11 is 0. The van der Waals surface area contributed by atoms with Gasteiger partial charge in [-0.25, -0.2) is 22.7 Å². The van der Waals surface area contributed by atoms with E-state index in [0.29, 0.717) is 17.0 Å². The highest BCUT2D eigenvalue weighted by molar-refractivity contribution is 7.89. The summed E-state index contributed by atoms with van der Waals surface area (Å²) in [4.78, 5) is 13.4. The van der Waals surface area contributed by atoms with Gasteiger partial charge >= 0.3 is 0 Å². The van der Waals surface area contributed by atoms with Crippen LogP contribution in [0.1, 0.15) is 0 Å². The number of fused-ring (bicyclic) bond motifs is 1. The Morgan fingerprint density at radius 3 is 2.33 bits per heavy atom. The van der Waals surface area contributed by atoms with Crippen molar-refractivity contribution in [2.45, 2.75) is 4.90 Å². The van der Waals surface area contributed by atoms with Crippen LogP contribution in [0.15, 0.2) is 47.6 Å². The predicted octanol–water partition coefficient (Wildman–Crippen LogP) is 1.98. The Hall–Kier alpha value is -2.58. The minimum absolute atomic E-state index is 0.241. The SMILES string of the molecule is CNc1nc(-c2ccc(S(=O)(=O)N(C)C)cc2)cc2nccnc12. The number of sulfonamides is 1. The second-order valence-electron chi connectivity index (χ2n) is 5.34. The molecule has 2 aromatic heterocycles. The molecule has 0 saturated heterocycles. The first kappa shape index (κ1) is 16.3. The topological polar surface area (TPSA) is 88.1 Å². The predicted molar refractivity (Wildman–Crippen MR) is 93.2 cm³/mol. The van der Waals surface area contributed by atoms with E-state index >= 15 is 0 Å². The minimum atomic E-state index is -3.45. The standard InChI is InChI=1S/C16H17N5O2S/c1-17-16-15-14(18-8-9-19-15)10-13(20-16)11-4-6-12(7-5-11)24(22,23)21(2)3/h4-10H,1-3H3,(H,17,20). The molecular formula is C16H17N5O2S. The van der Waals surface area contributed by atoms with Crippen molar-refractivity contribution in [1.29, 1.82) is 0 Å². The van der Waals surface area contributed by atoms with Crippen molar-refractivity contribution in [1.82, 2.24) is 19.3 Å². The zero-order chi connectivity index (χ0) is 17.3. The Kier molecular flexibility index (Phi) is 4.16. The first-order chi connectivity index (χ1) is 11.4. The van der Waals surface area contributed by atoms with Crippen molar-refractivity contribution in [3.63, 3.8) is 0 Å². The van der Waals surface area contributed by atoms with Gasteiger partial charge in [0.25, 0.3) is 0 Å². The average molecular weight is 343 g/mol. The maximum Gasteiger partial charge on any atom is 0.242 e. The summed E-state index contributed by atoms with van der Waals surface area (Å²) in [5.74, 6) is 0.626. The third-order valence-corrected chi connectivity index (χ3v) is 5.45. The summed E-state index contributed by atoms with van der Waals surface area (Å²) in [6.45, 7) is 0. The average Bonchev–Trinajstić information content (AvgIpc) is 2.60. The van der Waals surface area contributed by atoms with Crippen LogP contribution in [0, 0.1) is 0 Å². The zero-order valence-electron chi connectivity index (χ0n) is 13.6. The van der Waals surface area contributed by atoms with Gasteiger partial charge in [-0.15, -0.1) is 0 Å². The van der Waals surface area contributed by atoms with E-state index in [-0.39, 0.29) is 4.90 Å². The van der Waals surface area contributed by atoms with E-state index in [1.165, 1.54) is 18.4 Å². The Balaban J connectivity index is 2.08. The third kappa shape index (κ3) is 2.81. The van der Waals surface area contributed by atoms with E-state index < -0.39 is 10.0 Å². The van der Waals surface area contributed by atoms with E-state index in [0.717, 1.165) is 11.1 Å². The van der Waals surface area contributed by atoms with Gasteiger partial charge in [0.1, 0.15) is 5.52 Å². The number of benzene rings is 1. The van der Waals surface area contributed by atoms with E-state index in [2.05, 4.69) is 20.3 Å². The summed E-state index contributed by atoms with van der Waals surface area (Å²) in [7, 11) is 1.34. The number of nitrogens with zero attached hydrogens (tertiary/aromatic N) is 4. The molecule has 0 atom stereocenters. The molecule has 124 valence electrons. The van der Waals surface area contributed by atoms with E-state index in [4.69, 9.17) is 0 Å². The van der Waals surface area contributed by atoms with Gasteiger partial charge in [-0.1, -0.05) is 12.1 Å². The molecule has 0 saturated carbocycles. The molecule has 0 fully saturated rings. The molecule has 0 radical (unpaired) electrons. The highest BCUT2D eigenvalue weighted by atomic mass is 32.2. The van der Waals surface area contributed by atoms with Crippen molar-refractivity contribution in [2.75, 3.05) is 26.5 Å². The van der Waals surface area contributed by atoms with Crippen LogP contribution in [0.4, 0.5) is 5.82 Å². The molecule has 7 nitrogen and oxygen atoms in total. The lowest BCUT2D eigenvalue weighted by Gasteiger charge is -2.12. The molecular weight excluding hydrogens is 326 g/mol. The maximum absolute atomic E-state index is 12.1. The van der Waals surface area contributed by atoms with Crippen molar-refractivity contribution in [3.05, 3.63) is 42.7 Å². The molecule has 2 heterocycles. The Morgan fingerprint density at radius 2 is 1.71 bits per heavy atom. The van der Waals surface area contributed by atoms with Gasteiger partial charge in [0, 0.05) is 39.1 Å². The fourth-order valence-electron chi connectivity index (χ4n) is 2.30. The van der Waals surface area contributed by atoms with Crippen LogP contribution in [0.5, 0.6) is 0 Å². The Bertz CT molecular complexity index is 985. The van der Waals surface area contributed by atoms with Gasteiger partial charge in [0.15, 0.2) is 5.82 Å². The molecule has 3 rings (SSSR count). The molecule has 0 aliphatic carbocycles. The summed E-state index contributed by atoms with van der Waals surface area (Å²) < 4.78 is 25.5. The first-order valence-corrected chi connectivity index (χ1v) is 8.70. The van der Waals surface area contributed by atoms with Crippen molar-refractivity contribution in [2.24, 2.45) is 0 Å². The molecule has 3 aromatic rings. The van der Waals surface area contributed by atoms with Gasteiger partial charge in [-0.05, 0) is 18.2 Å². The van der Waals surface area contributed by atoms with Crippen molar-refractivity contribution >= 4 is 26.9 Å². The number of aromatic nitrogens is 3. The van der Waals surface area contributed by atoms with Crippen LogP contribution < -0.4 is 5.32 Å². The number of hydrogen-bond donors (Lipinski definition) is 1. The van der Waals surface area contributed by atoms with E-state index in [1.807, 2.05) is 6.07 Å². The van der Waals surface area contributed by atoms with Crippen LogP contribution >= 0.6 is 0 Å². The quantitative estimate of drug-likeness (QED) is 0.779. The summed E-state index contributed by atoms with van der Waals surface area (Å²) in [5.41, 5.74) is 2.91. The van der Waals surface area contributed by atoms with Crippen LogP contribution in [-0.4, -0.2) is 48.8 Å². The van der Waals surface area contributed by atoms with Crippen LogP contribution in [0.2, 0.25) is 0 Å². The third-order valence-electron chi connectivity index (χ3n) is 3.62. The van der Waals surface area contributed by atoms with Gasteiger partial charge in [0.05, 0.1) is 16.1 Å². The molecule has 0 aliphatic heterocycles. The highest BCUT2D eigenvalue weighted by Crippen LogP contribution is 2.26. The summed E-state index contributed by atoms with van der Waals surface area (Å²) in [6, 6.07) is 8.46. The van der Waals surface area contributed by atoms with Crippen molar-refractivity contribution < 1.29 is 8.42 Å². The Morgan fingerprint density at radius 1 is 1.04 bits per heavy atom. The van der Waals surface area contributed by atoms with Crippen LogP contribution in [0.3, 0.4) is 0 Å². The monoisotopic (exact) mass is 343 g/mol. The number of rotatable bonds is 4. The fraction of sp³-hybridized carbons (Fsp3) is 0.188. The maximum atomic E-state index is 12.1. The van der Waals surface area contributed by atoms with E-state index in [1.54, 1.807) is 43.7 Å². The lowest BCUT2D eigenvalue weighted by molar-refractivity contribution is 0.521. The number of hydrogen-bond acceptors (Lipinski definition) is 6. The molecule has 1 N–H and O–H groups in total. The normalized spacial score (nSPS) is 11.8. The largest absolute Gasteiger partial charge is 0.371 e. The Labute approximate surface area is 140 Å². The zero-order valence-corrected chi connectivity index (χ0v) is 14.4. The van der Waals surface area contributed by atoms with Gasteiger partial charge in [-0.3, -0.25) is 4.98 Å². The molecule has 1 aromatic carbocycles. The molecule has 0 spiro atoms. The van der Waals surface area contributed by atoms with Crippen LogP contribution in [0.25, 0.3) is 22.3 Å². The van der Waals surface area contributed by atoms with Crippen LogP contribution in [-0.2, 0) is 10.0 Å². The molecule has 0 amide bonds. The molecule has 24 heavy (non-hydrogen) atoms. The first-order valence-electron chi connectivity index (χ1n) is 7.26. The van der Waals surface area contributed by atoms with Gasteiger partial charge < -0.3 is 5.32 Å². The molecule has 0 unspecified atom stereocenters. The summed E-state index contributed by atoms with van der Waals surface area (Å²) in [5, 5.41) is 3.01. The van der Waals surface area contributed by atoms with Crippen molar-refractivity contribution in [3.8, 4) is 11.3 Å². The number of pyridine rings is 1. The fourth-order valence-corrected chi connectivity index (χ4v) is 3.20. The second-order valence-corrected chi connectivity index (χ2v) is 7.49. The lowest BCUT2D eigenvalue weighted by Crippen LogP contribution is -2.22. The van der Waals surface area contributed by atoms with Gasteiger partial charge in [-0.2, -0.15) is 0 Å². The molecule has 0 bridgehead atoms. The highest BCUT2D eigenvalue weighted by Gasteiger charge is 2.17. The second kappa shape index (κ2) is 6.14. The molecule has 8 heteroatoms. The number of nitrogens with one attached hydrogen (secondary N) is 1. The van der Waals surface area contributed by atoms with E-state index in [9.17, 15) is 8.42 Å². The number of anilines is 1.